The SMILES string of the molecule is COc1ccc(/C=C2\C(=O)NC(=O)c3ccccc32)cc1Br. The minimum absolute atomic E-state index is 0.367. The standard InChI is InChI=1S/C17H12BrNO3/c1-22-15-7-6-10(9-14(15)18)8-13-11-4-2-3-5-12(11)16(20)19-17(13)21/h2-9H,1H3,(H,19,20,21)/b13-8-. The van der Waals surface area contributed by atoms with E-state index < -0.39 is 5.91 Å². The lowest BCUT2D eigenvalue weighted by atomic mass is 9.93. The third-order valence-electron chi connectivity index (χ3n) is 3.42. The Morgan fingerprint density at radius 3 is 2.45 bits per heavy atom. The van der Waals surface area contributed by atoms with Crippen LogP contribution in [0.25, 0.3) is 11.6 Å². The van der Waals surface area contributed by atoms with Crippen LogP contribution in [-0.4, -0.2) is 18.9 Å². The maximum Gasteiger partial charge on any atom is 0.258 e. The molecule has 0 radical (unpaired) electrons. The fraction of sp³-hybridized carbons (Fsp3) is 0.0588. The monoisotopic (exact) mass is 357 g/mol. The van der Waals surface area contributed by atoms with Crippen molar-refractivity contribution in [3.63, 3.8) is 0 Å². The first-order chi connectivity index (χ1) is 10.6. The molecule has 4 nitrogen and oxygen atoms in total. The number of carbonyl (C=O) groups is 2. The first-order valence-corrected chi connectivity index (χ1v) is 7.40. The Morgan fingerprint density at radius 1 is 1.05 bits per heavy atom. The zero-order valence-corrected chi connectivity index (χ0v) is 13.3. The van der Waals surface area contributed by atoms with Crippen LogP contribution >= 0.6 is 15.9 Å². The van der Waals surface area contributed by atoms with Crippen molar-refractivity contribution in [1.29, 1.82) is 0 Å². The maximum absolute atomic E-state index is 12.1. The molecule has 2 aromatic rings. The summed E-state index contributed by atoms with van der Waals surface area (Å²) in [6.07, 6.45) is 1.75. The number of benzene rings is 2. The topological polar surface area (TPSA) is 55.4 Å². The Hall–Kier alpha value is -2.40. The van der Waals surface area contributed by atoms with E-state index in [4.69, 9.17) is 4.74 Å². The van der Waals surface area contributed by atoms with Gasteiger partial charge in [0.2, 0.25) is 0 Å². The second kappa shape index (κ2) is 5.77. The maximum atomic E-state index is 12.1. The van der Waals surface area contributed by atoms with Gasteiger partial charge in [-0.3, -0.25) is 14.9 Å². The zero-order valence-electron chi connectivity index (χ0n) is 11.7. The average Bonchev–Trinajstić information content (AvgIpc) is 2.51. The van der Waals surface area contributed by atoms with Crippen LogP contribution in [0.3, 0.4) is 0 Å². The number of halogens is 1. The van der Waals surface area contributed by atoms with Gasteiger partial charge in [0.05, 0.1) is 11.6 Å². The number of amides is 2. The number of nitrogens with one attached hydrogen (secondary N) is 1. The molecule has 110 valence electrons. The van der Waals surface area contributed by atoms with Crippen molar-refractivity contribution in [2.75, 3.05) is 7.11 Å². The molecule has 0 aliphatic carbocycles. The van der Waals surface area contributed by atoms with Crippen molar-refractivity contribution < 1.29 is 14.3 Å². The summed E-state index contributed by atoms with van der Waals surface area (Å²) < 4.78 is 5.99. The highest BCUT2D eigenvalue weighted by Gasteiger charge is 2.26. The fourth-order valence-electron chi connectivity index (χ4n) is 2.36. The third kappa shape index (κ3) is 2.55. The highest BCUT2D eigenvalue weighted by molar-refractivity contribution is 9.10. The predicted octanol–water partition coefficient (Wildman–Crippen LogP) is 3.27. The van der Waals surface area contributed by atoms with Crippen LogP contribution in [-0.2, 0) is 4.79 Å². The van der Waals surface area contributed by atoms with Gasteiger partial charge in [-0.25, -0.2) is 0 Å². The Morgan fingerprint density at radius 2 is 1.77 bits per heavy atom. The van der Waals surface area contributed by atoms with E-state index in [2.05, 4.69) is 21.2 Å². The highest BCUT2D eigenvalue weighted by atomic mass is 79.9. The van der Waals surface area contributed by atoms with Gasteiger partial charge in [0.25, 0.3) is 11.8 Å². The average molecular weight is 358 g/mol. The van der Waals surface area contributed by atoms with Gasteiger partial charge in [0, 0.05) is 11.1 Å². The number of imide groups is 1. The lowest BCUT2D eigenvalue weighted by molar-refractivity contribution is -0.114. The van der Waals surface area contributed by atoms with Gasteiger partial charge in [-0.15, -0.1) is 0 Å². The van der Waals surface area contributed by atoms with Crippen LogP contribution in [0.15, 0.2) is 46.9 Å². The van der Waals surface area contributed by atoms with Gasteiger partial charge in [-0.05, 0) is 51.3 Å². The molecule has 0 spiro atoms. The summed E-state index contributed by atoms with van der Waals surface area (Å²) >= 11 is 3.42. The number of fused-ring (bicyclic) bond motifs is 1. The molecule has 0 atom stereocenters. The van der Waals surface area contributed by atoms with Crippen LogP contribution in [0.2, 0.25) is 0 Å². The first kappa shape index (κ1) is 14.5. The zero-order chi connectivity index (χ0) is 15.7. The molecule has 0 saturated heterocycles. The van der Waals surface area contributed by atoms with Crippen LogP contribution in [0, 0.1) is 0 Å². The largest absolute Gasteiger partial charge is 0.496 e. The molecule has 0 fully saturated rings. The summed E-state index contributed by atoms with van der Waals surface area (Å²) in [5.41, 5.74) is 2.44. The van der Waals surface area contributed by atoms with E-state index >= 15 is 0 Å². The molecule has 2 amide bonds. The minimum Gasteiger partial charge on any atom is -0.496 e. The summed E-state index contributed by atoms with van der Waals surface area (Å²) in [5, 5.41) is 2.36. The first-order valence-electron chi connectivity index (χ1n) is 6.60. The molecule has 5 heteroatoms. The molecule has 22 heavy (non-hydrogen) atoms. The van der Waals surface area contributed by atoms with Gasteiger partial charge >= 0.3 is 0 Å². The molecule has 1 heterocycles. The summed E-state index contributed by atoms with van der Waals surface area (Å²) in [6, 6.07) is 12.6. The molecule has 0 saturated carbocycles. The number of methoxy groups -OCH3 is 1. The van der Waals surface area contributed by atoms with Gasteiger partial charge in [0.15, 0.2) is 0 Å². The number of carbonyl (C=O) groups excluding carboxylic acids is 2. The number of rotatable bonds is 2. The summed E-state index contributed by atoms with van der Waals surface area (Å²) in [5.74, 6) is -0.0462. The number of hydrogen-bond donors (Lipinski definition) is 1. The number of hydrogen-bond acceptors (Lipinski definition) is 3. The fourth-order valence-corrected chi connectivity index (χ4v) is 2.92. The molecule has 0 aromatic heterocycles. The van der Waals surface area contributed by atoms with Crippen molar-refractivity contribution in [1.82, 2.24) is 5.32 Å². The summed E-state index contributed by atoms with van der Waals surface area (Å²) in [7, 11) is 1.59. The van der Waals surface area contributed by atoms with Gasteiger partial charge in [0.1, 0.15) is 5.75 Å². The predicted molar refractivity (Wildman–Crippen MR) is 87.5 cm³/mol. The van der Waals surface area contributed by atoms with Gasteiger partial charge in [-0.2, -0.15) is 0 Å². The second-order valence-corrected chi connectivity index (χ2v) is 5.64. The van der Waals surface area contributed by atoms with E-state index in [1.165, 1.54) is 0 Å². The van der Waals surface area contributed by atoms with E-state index in [9.17, 15) is 9.59 Å². The molecular weight excluding hydrogens is 346 g/mol. The van der Waals surface area contributed by atoms with E-state index in [0.717, 1.165) is 10.0 Å². The van der Waals surface area contributed by atoms with Crippen molar-refractivity contribution in [2.45, 2.75) is 0 Å². The Labute approximate surface area is 135 Å². The molecule has 1 aliphatic rings. The summed E-state index contributed by atoms with van der Waals surface area (Å²) in [4.78, 5) is 24.0. The number of ether oxygens (including phenoxy) is 1. The van der Waals surface area contributed by atoms with Crippen molar-refractivity contribution >= 4 is 39.4 Å². The van der Waals surface area contributed by atoms with E-state index in [-0.39, 0.29) is 5.91 Å². The molecular formula is C17H12BrNO3. The molecule has 2 aromatic carbocycles. The van der Waals surface area contributed by atoms with Crippen LogP contribution in [0.1, 0.15) is 21.5 Å². The van der Waals surface area contributed by atoms with Crippen LogP contribution < -0.4 is 10.1 Å². The van der Waals surface area contributed by atoms with Crippen molar-refractivity contribution in [3.8, 4) is 5.75 Å². The Bertz CT molecular complexity index is 811. The molecule has 0 unspecified atom stereocenters. The van der Waals surface area contributed by atoms with Crippen LogP contribution in [0.4, 0.5) is 0 Å². The normalized spacial score (nSPS) is 15.5. The van der Waals surface area contributed by atoms with Gasteiger partial charge in [-0.1, -0.05) is 24.3 Å². The van der Waals surface area contributed by atoms with E-state index in [1.807, 2.05) is 24.3 Å². The molecule has 1 N–H and O–H groups in total. The smallest absolute Gasteiger partial charge is 0.258 e. The van der Waals surface area contributed by atoms with E-state index in [0.29, 0.717) is 22.4 Å². The highest BCUT2D eigenvalue weighted by Crippen LogP contribution is 2.29. The van der Waals surface area contributed by atoms with Crippen molar-refractivity contribution in [2.24, 2.45) is 0 Å². The molecule has 3 rings (SSSR count). The second-order valence-electron chi connectivity index (χ2n) is 4.78. The van der Waals surface area contributed by atoms with Crippen LogP contribution in [0.5, 0.6) is 5.75 Å². The van der Waals surface area contributed by atoms with Crippen molar-refractivity contribution in [3.05, 3.63) is 63.6 Å². The quantitative estimate of drug-likeness (QED) is 0.662. The summed E-state index contributed by atoms with van der Waals surface area (Å²) in [6.45, 7) is 0. The van der Waals surface area contributed by atoms with E-state index in [1.54, 1.807) is 31.4 Å². The Kier molecular flexibility index (Phi) is 3.81. The third-order valence-corrected chi connectivity index (χ3v) is 4.04. The lowest BCUT2D eigenvalue weighted by Crippen LogP contribution is -2.36. The molecule has 0 bridgehead atoms. The Balaban J connectivity index is 2.10. The van der Waals surface area contributed by atoms with Gasteiger partial charge < -0.3 is 4.74 Å². The molecule has 1 aliphatic heterocycles. The minimum atomic E-state index is -0.393. The lowest BCUT2D eigenvalue weighted by Gasteiger charge is -2.18.